The van der Waals surface area contributed by atoms with Crippen LogP contribution in [0.1, 0.15) is 22.8 Å². The smallest absolute Gasteiger partial charge is 0.460 e. The van der Waals surface area contributed by atoms with Crippen LogP contribution in [0.2, 0.25) is 0 Å². The van der Waals surface area contributed by atoms with Crippen LogP contribution in [0.3, 0.4) is 0 Å². The Balaban J connectivity index is 0.000000303. The van der Waals surface area contributed by atoms with Crippen molar-refractivity contribution in [2.75, 3.05) is 0 Å². The fourth-order valence-electron chi connectivity index (χ4n) is 3.79. The van der Waals surface area contributed by atoms with E-state index in [1.165, 1.54) is 25.1 Å². The number of ketones is 1. The van der Waals surface area contributed by atoms with Crippen LogP contribution in [0.25, 0.3) is 0 Å². The van der Waals surface area contributed by atoms with E-state index in [1.54, 1.807) is 18.7 Å². The zero-order valence-electron chi connectivity index (χ0n) is 24.1. The molecule has 0 unspecified atom stereocenters. The van der Waals surface area contributed by atoms with Gasteiger partial charge in [0.1, 0.15) is 0 Å². The Morgan fingerprint density at radius 2 is 1.15 bits per heavy atom. The van der Waals surface area contributed by atoms with E-state index >= 15 is 0 Å². The molecule has 4 rings (SSSR count). The second kappa shape index (κ2) is 14.3. The minimum absolute atomic E-state index is 0.0981. The lowest BCUT2D eigenvalue weighted by atomic mass is 10.1. The highest BCUT2D eigenvalue weighted by Crippen LogP contribution is 2.54. The van der Waals surface area contributed by atoms with Crippen LogP contribution < -0.4 is 0 Å². The van der Waals surface area contributed by atoms with Gasteiger partial charge >= 0.3 is 23.3 Å². The number of benzene rings is 4. The summed E-state index contributed by atoms with van der Waals surface area (Å²) in [5.41, 5.74) is 2.01. The number of aryl methyl sites for hydroxylation is 1. The van der Waals surface area contributed by atoms with E-state index in [4.69, 9.17) is 0 Å². The molecular formula is C31H23F9O4S3. The van der Waals surface area contributed by atoms with Crippen molar-refractivity contribution in [3.8, 4) is 0 Å². The minimum atomic E-state index is -7.43. The van der Waals surface area contributed by atoms with Gasteiger partial charge in [0.15, 0.2) is 30.6 Å². The van der Waals surface area contributed by atoms with E-state index in [-0.39, 0.29) is 16.7 Å². The lowest BCUT2D eigenvalue weighted by molar-refractivity contribution is -0.382. The largest absolute Gasteiger partial charge is 0.743 e. The summed E-state index contributed by atoms with van der Waals surface area (Å²) in [6.07, 6.45) is -7.16. The zero-order valence-corrected chi connectivity index (χ0v) is 26.5. The molecule has 0 radical (unpaired) electrons. The summed E-state index contributed by atoms with van der Waals surface area (Å²) in [4.78, 5) is 17.8. The normalized spacial score (nSPS) is 12.8. The summed E-state index contributed by atoms with van der Waals surface area (Å²) in [5, 5.41) is -7.11. The van der Waals surface area contributed by atoms with Gasteiger partial charge in [0.2, 0.25) is 0 Å². The van der Waals surface area contributed by atoms with E-state index in [1.807, 2.05) is 24.3 Å². The number of hydrogen-bond donors (Lipinski definition) is 0. The minimum Gasteiger partial charge on any atom is -0.743 e. The highest BCUT2D eigenvalue weighted by Gasteiger charge is 2.83. The van der Waals surface area contributed by atoms with Crippen molar-refractivity contribution in [2.24, 2.45) is 0 Å². The second-order valence-electron chi connectivity index (χ2n) is 9.66. The van der Waals surface area contributed by atoms with Gasteiger partial charge in [-0.15, -0.1) is 0 Å². The van der Waals surface area contributed by atoms with E-state index in [9.17, 15) is 57.3 Å². The van der Waals surface area contributed by atoms with Gasteiger partial charge in [0.05, 0.1) is 10.9 Å². The topological polar surface area (TPSA) is 74.3 Å². The Morgan fingerprint density at radius 1 is 0.681 bits per heavy atom. The van der Waals surface area contributed by atoms with Crippen molar-refractivity contribution >= 4 is 38.6 Å². The first-order chi connectivity index (χ1) is 21.6. The average Bonchev–Trinajstić information content (AvgIpc) is 2.99. The van der Waals surface area contributed by atoms with Crippen molar-refractivity contribution in [2.45, 2.75) is 61.6 Å². The lowest BCUT2D eigenvalue weighted by Crippen LogP contribution is -2.63. The molecule has 4 aromatic carbocycles. The number of rotatable bonds is 9. The van der Waals surface area contributed by atoms with E-state index in [2.05, 4.69) is 85.8 Å². The van der Waals surface area contributed by atoms with Crippen LogP contribution in [-0.4, -0.2) is 42.0 Å². The predicted octanol–water partition coefficient (Wildman–Crippen LogP) is 9.40. The van der Waals surface area contributed by atoms with Crippen LogP contribution in [0.15, 0.2) is 128 Å². The summed E-state index contributed by atoms with van der Waals surface area (Å²) < 4.78 is 135. The van der Waals surface area contributed by atoms with E-state index in [0.29, 0.717) is 0 Å². The Bertz CT molecular complexity index is 1740. The number of carbonyl (C=O) groups excluding carboxylic acids is 1. The van der Waals surface area contributed by atoms with Gasteiger partial charge in [0, 0.05) is 15.4 Å². The molecule has 0 heterocycles. The van der Waals surface area contributed by atoms with Crippen molar-refractivity contribution < 1.29 is 57.3 Å². The molecular weight excluding hydrogens is 704 g/mol. The van der Waals surface area contributed by atoms with Crippen LogP contribution in [0.5, 0.6) is 0 Å². The van der Waals surface area contributed by atoms with Crippen LogP contribution in [-0.2, 0) is 21.0 Å². The summed E-state index contributed by atoms with van der Waals surface area (Å²) in [5.74, 6) is -14.7. The van der Waals surface area contributed by atoms with Gasteiger partial charge in [-0.25, -0.2) is 8.42 Å². The summed E-state index contributed by atoms with van der Waals surface area (Å²) in [6, 6.07) is 36.1. The molecule has 4 nitrogen and oxygen atoms in total. The predicted molar refractivity (Wildman–Crippen MR) is 157 cm³/mol. The quantitative estimate of drug-likeness (QED) is 0.0744. The molecule has 0 aromatic heterocycles. The van der Waals surface area contributed by atoms with E-state index in [0.717, 1.165) is 10.5 Å². The summed E-state index contributed by atoms with van der Waals surface area (Å²) in [7, 11) is -7.55. The molecule has 0 spiro atoms. The first-order valence-corrected chi connectivity index (χ1v) is 16.5. The van der Waals surface area contributed by atoms with Gasteiger partial charge in [-0.05, 0) is 74.0 Å². The summed E-state index contributed by atoms with van der Waals surface area (Å²) in [6.45, 7) is 3.77. The monoisotopic (exact) mass is 726 g/mol. The van der Waals surface area contributed by atoms with Gasteiger partial charge in [-0.1, -0.05) is 60.3 Å². The molecule has 0 aliphatic heterocycles. The second-order valence-corrected chi connectivity index (χ2v) is 14.2. The fraction of sp³-hybridized carbons (Fsp3) is 0.194. The first kappa shape index (κ1) is 38.0. The van der Waals surface area contributed by atoms with Crippen molar-refractivity contribution in [1.82, 2.24) is 0 Å². The number of carbonyl (C=O) groups is 1. The molecule has 0 atom stereocenters. The molecule has 0 aliphatic rings. The van der Waals surface area contributed by atoms with Crippen LogP contribution >= 0.6 is 11.8 Å². The third-order valence-corrected chi connectivity index (χ3v) is 10.5. The Kier molecular flexibility index (Phi) is 11.6. The van der Waals surface area contributed by atoms with Crippen molar-refractivity contribution in [3.63, 3.8) is 0 Å². The van der Waals surface area contributed by atoms with Gasteiger partial charge in [0.25, 0.3) is 0 Å². The molecule has 252 valence electrons. The number of halogens is 9. The van der Waals surface area contributed by atoms with Crippen molar-refractivity contribution in [3.05, 3.63) is 114 Å². The molecule has 0 saturated heterocycles. The zero-order chi connectivity index (χ0) is 35.4. The third kappa shape index (κ3) is 8.34. The number of Topliss-reactive ketones (excluding diaryl/α,β-unsaturated/α-hetero) is 1. The molecule has 0 fully saturated rings. The standard InChI is InChI=1S/C27H23OS2.C4HF9O3S/c1-20-19-26(17-18-27(20)29-23-15-13-22(14-16-23)21(2)28)30(24-9-5-3-6-10-24)25-11-7-4-8-12-25;5-1(6,3(9,10)11)2(7,8)4(12,13)17(14,15)16/h3-19H,1-2H3;(H,14,15,16)/q+1;/p-1. The molecule has 0 amide bonds. The highest BCUT2D eigenvalue weighted by molar-refractivity contribution is 7.99. The maximum atomic E-state index is 12.2. The van der Waals surface area contributed by atoms with Crippen molar-refractivity contribution in [1.29, 1.82) is 0 Å². The molecule has 16 heteroatoms. The fourth-order valence-corrected chi connectivity index (χ4v) is 7.29. The molecule has 0 N–H and O–H groups in total. The maximum Gasteiger partial charge on any atom is 0.460 e. The average molecular weight is 727 g/mol. The molecule has 47 heavy (non-hydrogen) atoms. The lowest BCUT2D eigenvalue weighted by Gasteiger charge is -2.34. The molecule has 4 aromatic rings. The molecule has 0 saturated carbocycles. The SMILES string of the molecule is CC(=O)c1ccc(Sc2ccc([S+](c3ccccc3)c3ccccc3)cc2C)cc1.O=S(=O)([O-])C(F)(F)C(F)(F)C(F)(F)C(F)(F)F. The number of hydrogen-bond acceptors (Lipinski definition) is 5. The van der Waals surface area contributed by atoms with Crippen LogP contribution in [0.4, 0.5) is 39.5 Å². The van der Waals surface area contributed by atoms with Gasteiger partial charge < -0.3 is 4.55 Å². The Hall–Kier alpha value is -3.47. The third-order valence-electron chi connectivity index (χ3n) is 6.26. The molecule has 0 bridgehead atoms. The van der Waals surface area contributed by atoms with Gasteiger partial charge in [-0.3, -0.25) is 4.79 Å². The molecule has 0 aliphatic carbocycles. The Labute approximate surface area is 271 Å². The van der Waals surface area contributed by atoms with Crippen LogP contribution in [0, 0.1) is 6.92 Å². The van der Waals surface area contributed by atoms with E-state index < -0.39 is 33.4 Å². The highest BCUT2D eigenvalue weighted by atomic mass is 32.2. The maximum absolute atomic E-state index is 12.2. The number of alkyl halides is 9. The van der Waals surface area contributed by atoms with Gasteiger partial charge in [-0.2, -0.15) is 39.5 Å². The summed E-state index contributed by atoms with van der Waals surface area (Å²) >= 11 is 1.74. The Morgan fingerprint density at radius 3 is 1.53 bits per heavy atom. The first-order valence-electron chi connectivity index (χ1n) is 13.0.